The lowest BCUT2D eigenvalue weighted by atomic mass is 9.90. The first-order chi connectivity index (χ1) is 9.69. The molecule has 2 unspecified atom stereocenters. The second-order valence-corrected chi connectivity index (χ2v) is 6.02. The molecular formula is C14H19BrF3NO2. The fourth-order valence-corrected chi connectivity index (χ4v) is 2.38. The Balaban J connectivity index is 0.000000219. The monoisotopic (exact) mass is 369 g/mol. The van der Waals surface area contributed by atoms with E-state index in [2.05, 4.69) is 39.8 Å². The van der Waals surface area contributed by atoms with Crippen molar-refractivity contribution in [3.63, 3.8) is 0 Å². The van der Waals surface area contributed by atoms with E-state index in [0.717, 1.165) is 13.1 Å². The van der Waals surface area contributed by atoms with E-state index in [0.29, 0.717) is 16.3 Å². The summed E-state index contributed by atoms with van der Waals surface area (Å²) in [5, 5.41) is 12.7. The predicted octanol–water partition coefficient (Wildman–Crippen LogP) is 3.57. The van der Waals surface area contributed by atoms with Crippen molar-refractivity contribution in [2.24, 2.45) is 11.8 Å². The van der Waals surface area contributed by atoms with Gasteiger partial charge in [0.05, 0.1) is 6.10 Å². The lowest BCUT2D eigenvalue weighted by Crippen LogP contribution is -2.44. The number of nitrogens with one attached hydrogen (secondary N) is 1. The molecule has 0 amide bonds. The molecule has 1 aromatic rings. The van der Waals surface area contributed by atoms with Crippen LogP contribution in [0, 0.1) is 11.8 Å². The molecule has 0 aliphatic carbocycles. The van der Waals surface area contributed by atoms with Crippen molar-refractivity contribution in [3.8, 4) is 5.75 Å². The molecule has 0 spiro atoms. The molecule has 2 atom stereocenters. The van der Waals surface area contributed by atoms with Crippen molar-refractivity contribution >= 4 is 15.9 Å². The molecule has 0 aromatic heterocycles. The molecule has 1 aliphatic rings. The molecule has 2 N–H and O–H groups in total. The summed E-state index contributed by atoms with van der Waals surface area (Å²) in [5.74, 6) is 0.624. The number of benzene rings is 1. The molecule has 2 rings (SSSR count). The van der Waals surface area contributed by atoms with Crippen molar-refractivity contribution in [3.05, 3.63) is 28.7 Å². The second-order valence-electron chi connectivity index (χ2n) is 5.11. The minimum Gasteiger partial charge on any atom is -0.406 e. The summed E-state index contributed by atoms with van der Waals surface area (Å²) in [6.07, 6.45) is -4.72. The molecule has 21 heavy (non-hydrogen) atoms. The normalized spacial score (nSPS) is 25.8. The van der Waals surface area contributed by atoms with Gasteiger partial charge in [0.1, 0.15) is 5.75 Å². The van der Waals surface area contributed by atoms with E-state index < -0.39 is 6.36 Å². The zero-order valence-electron chi connectivity index (χ0n) is 11.8. The highest BCUT2D eigenvalue weighted by Crippen LogP contribution is 2.24. The lowest BCUT2D eigenvalue weighted by molar-refractivity contribution is -0.274. The third-order valence-electron chi connectivity index (χ3n) is 3.13. The van der Waals surface area contributed by atoms with Gasteiger partial charge in [-0.2, -0.15) is 0 Å². The third kappa shape index (κ3) is 7.15. The van der Waals surface area contributed by atoms with E-state index >= 15 is 0 Å². The van der Waals surface area contributed by atoms with Crippen LogP contribution in [0.4, 0.5) is 13.2 Å². The number of hydrogen-bond donors (Lipinski definition) is 2. The Bertz CT molecular complexity index is 432. The van der Waals surface area contributed by atoms with E-state index in [1.807, 2.05) is 0 Å². The molecule has 1 saturated heterocycles. The van der Waals surface area contributed by atoms with E-state index in [1.165, 1.54) is 18.2 Å². The van der Waals surface area contributed by atoms with Gasteiger partial charge in [0.25, 0.3) is 0 Å². The maximum Gasteiger partial charge on any atom is 0.573 e. The van der Waals surface area contributed by atoms with E-state index in [-0.39, 0.29) is 11.9 Å². The predicted molar refractivity (Wildman–Crippen MR) is 78.0 cm³/mol. The number of piperidine rings is 1. The standard InChI is InChI=1S/C7H4BrF3O.C7H15NO/c8-5-2-1-3-6(4-5)12-7(9,10)11;1-5-3-8-4-6(2)7(5)9/h1-4H;5-9H,3-4H2,1-2H3. The minimum absolute atomic E-state index is 0.0914. The van der Waals surface area contributed by atoms with Crippen LogP contribution in [0.3, 0.4) is 0 Å². The SMILES string of the molecule is CC1CNCC(C)C1O.FC(F)(F)Oc1cccc(Br)c1. The molecule has 3 nitrogen and oxygen atoms in total. The smallest absolute Gasteiger partial charge is 0.406 e. The Morgan fingerprint density at radius 2 is 1.81 bits per heavy atom. The molecule has 0 saturated carbocycles. The number of aliphatic hydroxyl groups is 1. The first-order valence-electron chi connectivity index (χ1n) is 6.59. The molecule has 1 fully saturated rings. The molecule has 0 radical (unpaired) electrons. The summed E-state index contributed by atoms with van der Waals surface area (Å²) in [6, 6.07) is 5.56. The van der Waals surface area contributed by atoms with Crippen LogP contribution in [0.2, 0.25) is 0 Å². The first-order valence-corrected chi connectivity index (χ1v) is 7.38. The number of aliphatic hydroxyl groups excluding tert-OH is 1. The number of halogens is 4. The average Bonchev–Trinajstić information content (AvgIpc) is 2.34. The maximum absolute atomic E-state index is 11.6. The van der Waals surface area contributed by atoms with Gasteiger partial charge >= 0.3 is 6.36 Å². The first kappa shape index (κ1) is 18.3. The van der Waals surface area contributed by atoms with Gasteiger partial charge in [-0.3, -0.25) is 0 Å². The summed E-state index contributed by atoms with van der Waals surface area (Å²) >= 11 is 3.02. The van der Waals surface area contributed by atoms with Crippen molar-refractivity contribution in [1.29, 1.82) is 0 Å². The van der Waals surface area contributed by atoms with Crippen LogP contribution in [0.1, 0.15) is 13.8 Å². The fourth-order valence-electron chi connectivity index (χ4n) is 2.01. The van der Waals surface area contributed by atoms with Crippen molar-refractivity contribution in [2.75, 3.05) is 13.1 Å². The third-order valence-corrected chi connectivity index (χ3v) is 3.62. The maximum atomic E-state index is 11.6. The number of ether oxygens (including phenoxy) is 1. The van der Waals surface area contributed by atoms with E-state index in [1.54, 1.807) is 6.07 Å². The Morgan fingerprint density at radius 1 is 1.24 bits per heavy atom. The highest BCUT2D eigenvalue weighted by atomic mass is 79.9. The molecule has 0 bridgehead atoms. The van der Waals surface area contributed by atoms with Crippen molar-refractivity contribution in [1.82, 2.24) is 5.32 Å². The second kappa shape index (κ2) is 8.00. The van der Waals surface area contributed by atoms with Crippen LogP contribution in [0.15, 0.2) is 28.7 Å². The summed E-state index contributed by atoms with van der Waals surface area (Å²) in [5.41, 5.74) is 0. The van der Waals surface area contributed by atoms with Crippen LogP contribution in [0.25, 0.3) is 0 Å². The molecule has 7 heteroatoms. The van der Waals surface area contributed by atoms with Gasteiger partial charge in [-0.1, -0.05) is 35.8 Å². The largest absolute Gasteiger partial charge is 0.573 e. The van der Waals surface area contributed by atoms with Gasteiger partial charge in [-0.15, -0.1) is 13.2 Å². The Morgan fingerprint density at radius 3 is 2.24 bits per heavy atom. The van der Waals surface area contributed by atoms with Crippen LogP contribution in [-0.2, 0) is 0 Å². The Labute approximate surface area is 130 Å². The van der Waals surface area contributed by atoms with Crippen molar-refractivity contribution < 1.29 is 23.0 Å². The zero-order chi connectivity index (χ0) is 16.0. The molecular weight excluding hydrogens is 351 g/mol. The van der Waals surface area contributed by atoms with Gasteiger partial charge in [-0.05, 0) is 30.0 Å². The van der Waals surface area contributed by atoms with E-state index in [4.69, 9.17) is 0 Å². The number of alkyl halides is 3. The van der Waals surface area contributed by atoms with Gasteiger partial charge < -0.3 is 15.2 Å². The van der Waals surface area contributed by atoms with Gasteiger partial charge in [0, 0.05) is 17.6 Å². The fraction of sp³-hybridized carbons (Fsp3) is 0.571. The summed E-state index contributed by atoms with van der Waals surface area (Å²) in [4.78, 5) is 0. The number of hydrogen-bond acceptors (Lipinski definition) is 3. The minimum atomic E-state index is -4.62. The van der Waals surface area contributed by atoms with Crippen LogP contribution in [-0.4, -0.2) is 30.7 Å². The van der Waals surface area contributed by atoms with Gasteiger partial charge in [0.2, 0.25) is 0 Å². The molecule has 1 aromatic carbocycles. The number of rotatable bonds is 1. The lowest BCUT2D eigenvalue weighted by Gasteiger charge is -2.30. The van der Waals surface area contributed by atoms with E-state index in [9.17, 15) is 18.3 Å². The zero-order valence-corrected chi connectivity index (χ0v) is 13.4. The Hall–Kier alpha value is -0.790. The molecule has 120 valence electrons. The Kier molecular flexibility index (Phi) is 6.96. The summed E-state index contributed by atoms with van der Waals surface area (Å²) in [7, 11) is 0. The van der Waals surface area contributed by atoms with Crippen LogP contribution in [0.5, 0.6) is 5.75 Å². The van der Waals surface area contributed by atoms with Crippen LogP contribution < -0.4 is 10.1 Å². The highest BCUT2D eigenvalue weighted by Gasteiger charge is 2.31. The van der Waals surface area contributed by atoms with Crippen LogP contribution >= 0.6 is 15.9 Å². The van der Waals surface area contributed by atoms with Gasteiger partial charge in [-0.25, -0.2) is 0 Å². The topological polar surface area (TPSA) is 41.5 Å². The van der Waals surface area contributed by atoms with Crippen molar-refractivity contribution in [2.45, 2.75) is 26.3 Å². The summed E-state index contributed by atoms with van der Waals surface area (Å²) < 4.78 is 39.1. The van der Waals surface area contributed by atoms with Gasteiger partial charge in [0.15, 0.2) is 0 Å². The highest BCUT2D eigenvalue weighted by molar-refractivity contribution is 9.10. The quantitative estimate of drug-likeness (QED) is 0.794. The molecule has 1 heterocycles. The molecule has 1 aliphatic heterocycles. The summed E-state index contributed by atoms with van der Waals surface area (Å²) in [6.45, 7) is 6.08. The average molecular weight is 370 g/mol.